The Morgan fingerprint density at radius 1 is 1.21 bits per heavy atom. The largest absolute Gasteiger partial charge is 1.00 e. The molecule has 1 heterocycles. The number of carbonyl (C=O) groups is 1. The molecule has 0 radical (unpaired) electrons. The van der Waals surface area contributed by atoms with E-state index in [1.807, 2.05) is 23.5 Å². The summed E-state index contributed by atoms with van der Waals surface area (Å²) in [6.07, 6.45) is 3.27. The van der Waals surface area contributed by atoms with Crippen LogP contribution in [0.5, 0.6) is 5.75 Å². The summed E-state index contributed by atoms with van der Waals surface area (Å²) >= 11 is 1.86. The van der Waals surface area contributed by atoms with Gasteiger partial charge in [-0.25, -0.2) is 0 Å². The van der Waals surface area contributed by atoms with E-state index in [1.165, 1.54) is 29.0 Å². The van der Waals surface area contributed by atoms with Crippen LogP contribution in [-0.2, 0) is 19.3 Å². The molecule has 8 heteroatoms. The van der Waals surface area contributed by atoms with Crippen LogP contribution in [-0.4, -0.2) is 35.3 Å². The van der Waals surface area contributed by atoms with Gasteiger partial charge in [0.25, 0.3) is 0 Å². The molecule has 2 aromatic rings. The van der Waals surface area contributed by atoms with Crippen LogP contribution < -0.4 is 113 Å². The van der Waals surface area contributed by atoms with Crippen molar-refractivity contribution in [2.75, 3.05) is 13.1 Å². The monoisotopic (exact) mass is 453 g/mol. The van der Waals surface area contributed by atoms with E-state index in [4.69, 9.17) is 15.0 Å². The topological polar surface area (TPSA) is 86.7 Å². The maximum absolute atomic E-state index is 10.0. The van der Waals surface area contributed by atoms with Crippen molar-refractivity contribution in [2.45, 2.75) is 45.1 Å². The molecule has 1 aliphatic rings. The number of carboxylic acid groups (broad SMARTS) is 2. The molecule has 1 aromatic heterocycles. The van der Waals surface area contributed by atoms with Crippen molar-refractivity contribution in [2.24, 2.45) is 0 Å². The van der Waals surface area contributed by atoms with E-state index in [1.54, 1.807) is 0 Å². The molecule has 0 bridgehead atoms. The van der Waals surface area contributed by atoms with Crippen LogP contribution in [0.1, 0.15) is 35.8 Å². The SMILES string of the molecule is CCCN(CCc1cccs1)[C@H]1CCc2c(O)cccc2C1.O=C([O-])[O-].[K+].[K+]. The Balaban J connectivity index is 0.00000111. The number of thiophene rings is 1. The first-order valence-electron chi connectivity index (χ1n) is 8.95. The molecule has 0 spiro atoms. The molecular formula is C20H25K2NO4S. The molecule has 1 aliphatic carbocycles. The van der Waals surface area contributed by atoms with Crippen LogP contribution in [0.2, 0.25) is 0 Å². The average Bonchev–Trinajstić information content (AvgIpc) is 3.11. The summed E-state index contributed by atoms with van der Waals surface area (Å²) in [6, 6.07) is 11.0. The predicted molar refractivity (Wildman–Crippen MR) is 99.2 cm³/mol. The zero-order chi connectivity index (χ0) is 18.9. The van der Waals surface area contributed by atoms with E-state index in [0.29, 0.717) is 11.8 Å². The fourth-order valence-electron chi connectivity index (χ4n) is 3.55. The number of phenolic OH excluding ortho intramolecular Hbond substituents is 1. The van der Waals surface area contributed by atoms with Gasteiger partial charge in [0, 0.05) is 17.5 Å². The molecule has 1 N–H and O–H groups in total. The number of fused-ring (bicyclic) bond motifs is 1. The first kappa shape index (κ1) is 29.2. The van der Waals surface area contributed by atoms with E-state index in [2.05, 4.69) is 35.4 Å². The second-order valence-corrected chi connectivity index (χ2v) is 7.46. The third-order valence-corrected chi connectivity index (χ3v) is 5.62. The minimum absolute atomic E-state index is 0. The number of phenols is 1. The van der Waals surface area contributed by atoms with Gasteiger partial charge in [-0.1, -0.05) is 25.1 Å². The molecule has 142 valence electrons. The number of hydrogen-bond acceptors (Lipinski definition) is 6. The van der Waals surface area contributed by atoms with Gasteiger partial charge < -0.3 is 20.1 Å². The maximum Gasteiger partial charge on any atom is 1.00 e. The summed E-state index contributed by atoms with van der Waals surface area (Å²) in [5.41, 5.74) is 2.52. The van der Waals surface area contributed by atoms with Gasteiger partial charge in [-0.2, -0.15) is 0 Å². The third kappa shape index (κ3) is 10.0. The Bertz CT molecular complexity index is 694. The van der Waals surface area contributed by atoms with Crippen LogP contribution in [0.3, 0.4) is 0 Å². The summed E-state index contributed by atoms with van der Waals surface area (Å²) in [4.78, 5) is 12.5. The van der Waals surface area contributed by atoms with E-state index >= 15 is 0 Å². The van der Waals surface area contributed by atoms with E-state index in [0.717, 1.165) is 32.2 Å². The Hall–Kier alpha value is 1.22. The van der Waals surface area contributed by atoms with Crippen LogP contribution in [0.15, 0.2) is 35.7 Å². The fraction of sp³-hybridized carbons (Fsp3) is 0.450. The molecule has 28 heavy (non-hydrogen) atoms. The fourth-order valence-corrected chi connectivity index (χ4v) is 4.25. The smallest absolute Gasteiger partial charge is 0.652 e. The zero-order valence-corrected chi connectivity index (χ0v) is 24.1. The van der Waals surface area contributed by atoms with Gasteiger partial charge in [0.2, 0.25) is 0 Å². The molecule has 0 aliphatic heterocycles. The molecule has 0 amide bonds. The van der Waals surface area contributed by atoms with Gasteiger partial charge >= 0.3 is 103 Å². The number of carbonyl (C=O) groups excluding carboxylic acids is 1. The number of benzene rings is 1. The number of rotatable bonds is 6. The summed E-state index contributed by atoms with van der Waals surface area (Å²) in [5, 5.41) is 28.8. The number of nitrogens with zero attached hydrogens (tertiary/aromatic N) is 1. The molecule has 0 saturated heterocycles. The van der Waals surface area contributed by atoms with Crippen LogP contribution >= 0.6 is 11.3 Å². The maximum atomic E-state index is 10.0. The van der Waals surface area contributed by atoms with Gasteiger partial charge in [0.1, 0.15) is 5.75 Å². The van der Waals surface area contributed by atoms with E-state index in [9.17, 15) is 5.11 Å². The van der Waals surface area contributed by atoms with Crippen molar-refractivity contribution in [3.8, 4) is 5.75 Å². The normalized spacial score (nSPS) is 14.7. The summed E-state index contributed by atoms with van der Waals surface area (Å²) < 4.78 is 0. The van der Waals surface area contributed by atoms with Gasteiger partial charge in [-0.15, -0.1) is 11.3 Å². The Morgan fingerprint density at radius 3 is 2.54 bits per heavy atom. The first-order valence-corrected chi connectivity index (χ1v) is 9.83. The van der Waals surface area contributed by atoms with Gasteiger partial charge in [0.05, 0.1) is 0 Å². The van der Waals surface area contributed by atoms with Crippen molar-refractivity contribution in [3.63, 3.8) is 0 Å². The molecule has 0 fully saturated rings. The Kier molecular flexibility index (Phi) is 16.6. The van der Waals surface area contributed by atoms with Crippen LogP contribution in [0, 0.1) is 0 Å². The van der Waals surface area contributed by atoms with Crippen molar-refractivity contribution < 1.29 is 123 Å². The zero-order valence-electron chi connectivity index (χ0n) is 17.0. The summed E-state index contributed by atoms with van der Waals surface area (Å²) in [5.74, 6) is 0.483. The van der Waals surface area contributed by atoms with Gasteiger partial charge in [-0.3, -0.25) is 4.90 Å². The standard InChI is InChI=1S/C19H25NOS.CH2O3.2K/c1-2-11-20(12-10-17-6-4-13-22-17)16-8-9-18-15(14-16)5-3-7-19(18)21;2-1(3)4;;/h3-7,13,16,21H,2,8-12,14H2,1H3;(H2,2,3,4);;/q;;2*+1/p-2/t16-;;;/m0.../s1. The van der Waals surface area contributed by atoms with Gasteiger partial charge in [-0.05, 0) is 73.4 Å². The molecule has 5 nitrogen and oxygen atoms in total. The molecule has 1 aromatic carbocycles. The Labute approximate surface area is 256 Å². The van der Waals surface area contributed by atoms with Crippen molar-refractivity contribution in [1.29, 1.82) is 0 Å². The average molecular weight is 454 g/mol. The predicted octanol–water partition coefficient (Wildman–Crippen LogP) is -4.17. The van der Waals surface area contributed by atoms with E-state index in [-0.39, 0.29) is 103 Å². The summed E-state index contributed by atoms with van der Waals surface area (Å²) in [7, 11) is 0. The number of aromatic hydroxyl groups is 1. The third-order valence-electron chi connectivity index (χ3n) is 4.68. The Morgan fingerprint density at radius 2 is 1.93 bits per heavy atom. The quantitative estimate of drug-likeness (QED) is 0.449. The molecule has 0 saturated carbocycles. The molecule has 1 atom stereocenters. The number of hydrogen-bond donors (Lipinski definition) is 1. The first-order chi connectivity index (χ1) is 12.5. The molecular weight excluding hydrogens is 428 g/mol. The van der Waals surface area contributed by atoms with Crippen molar-refractivity contribution in [1.82, 2.24) is 4.90 Å². The molecule has 3 rings (SSSR count). The van der Waals surface area contributed by atoms with Crippen molar-refractivity contribution >= 4 is 17.5 Å². The second kappa shape index (κ2) is 15.9. The second-order valence-electron chi connectivity index (χ2n) is 6.43. The minimum atomic E-state index is -2.33. The summed E-state index contributed by atoms with van der Waals surface area (Å²) in [6.45, 7) is 4.58. The van der Waals surface area contributed by atoms with Crippen LogP contribution in [0.4, 0.5) is 4.79 Å². The van der Waals surface area contributed by atoms with Crippen molar-refractivity contribution in [3.05, 3.63) is 51.7 Å². The minimum Gasteiger partial charge on any atom is -0.652 e. The molecule has 0 unspecified atom stereocenters. The van der Waals surface area contributed by atoms with Crippen LogP contribution in [0.25, 0.3) is 0 Å². The van der Waals surface area contributed by atoms with E-state index < -0.39 is 6.16 Å². The van der Waals surface area contributed by atoms with Gasteiger partial charge in [0.15, 0.2) is 0 Å².